The molecule has 2 rings (SSSR count). The summed E-state index contributed by atoms with van der Waals surface area (Å²) < 4.78 is 14.2. The molecule has 0 saturated heterocycles. The topological polar surface area (TPSA) is 17.1 Å². The van der Waals surface area contributed by atoms with Crippen LogP contribution in [0.3, 0.4) is 0 Å². The van der Waals surface area contributed by atoms with Crippen molar-refractivity contribution in [2.45, 2.75) is 0 Å². The zero-order valence-electron chi connectivity index (χ0n) is 9.44. The van der Waals surface area contributed by atoms with Gasteiger partial charge in [0.2, 0.25) is 0 Å². The van der Waals surface area contributed by atoms with Crippen molar-refractivity contribution in [3.63, 3.8) is 0 Å². The molecule has 0 fully saturated rings. The summed E-state index contributed by atoms with van der Waals surface area (Å²) in [6.45, 7) is 0. The molecule has 0 unspecified atom stereocenters. The fourth-order valence-corrected chi connectivity index (χ4v) is 1.91. The first-order valence-electron chi connectivity index (χ1n) is 5.39. The number of hydrogen-bond acceptors (Lipinski definition) is 1. The van der Waals surface area contributed by atoms with Gasteiger partial charge in [-0.05, 0) is 30.4 Å². The van der Waals surface area contributed by atoms with Crippen molar-refractivity contribution >= 4 is 27.8 Å². The van der Waals surface area contributed by atoms with Crippen molar-refractivity contribution in [1.82, 2.24) is 0 Å². The molecule has 0 radical (unpaired) electrons. The van der Waals surface area contributed by atoms with Gasteiger partial charge in [-0.3, -0.25) is 4.79 Å². The fraction of sp³-hybridized carbons (Fsp3) is 0. The Morgan fingerprint density at radius 3 is 2.61 bits per heavy atom. The minimum Gasteiger partial charge on any atom is -0.289 e. The maximum absolute atomic E-state index is 13.3. The van der Waals surface area contributed by atoms with E-state index in [1.165, 1.54) is 18.2 Å². The molecule has 0 saturated carbocycles. The number of ketones is 1. The van der Waals surface area contributed by atoms with E-state index in [9.17, 15) is 9.18 Å². The van der Waals surface area contributed by atoms with E-state index in [4.69, 9.17) is 0 Å². The summed E-state index contributed by atoms with van der Waals surface area (Å²) >= 11 is 3.30. The van der Waals surface area contributed by atoms with E-state index in [2.05, 4.69) is 15.9 Å². The molecule has 1 nitrogen and oxygen atoms in total. The van der Waals surface area contributed by atoms with Crippen molar-refractivity contribution in [3.8, 4) is 0 Å². The van der Waals surface area contributed by atoms with Crippen molar-refractivity contribution in [2.24, 2.45) is 0 Å². The summed E-state index contributed by atoms with van der Waals surface area (Å²) in [5.41, 5.74) is 0.970. The Morgan fingerprint density at radius 2 is 1.89 bits per heavy atom. The van der Waals surface area contributed by atoms with Crippen LogP contribution < -0.4 is 0 Å². The predicted octanol–water partition coefficient (Wildman–Crippen LogP) is 4.48. The SMILES string of the molecule is O=C(C=Cc1ccccc1F)c1cccc(Br)c1. The van der Waals surface area contributed by atoms with Crippen LogP contribution in [0, 0.1) is 5.82 Å². The normalized spacial score (nSPS) is 10.8. The Bertz CT molecular complexity index is 605. The zero-order chi connectivity index (χ0) is 13.0. The number of rotatable bonds is 3. The van der Waals surface area contributed by atoms with Crippen molar-refractivity contribution in [2.75, 3.05) is 0 Å². The van der Waals surface area contributed by atoms with Crippen LogP contribution in [-0.2, 0) is 0 Å². The lowest BCUT2D eigenvalue weighted by Crippen LogP contribution is -1.93. The van der Waals surface area contributed by atoms with Gasteiger partial charge in [0.1, 0.15) is 5.82 Å². The average molecular weight is 305 g/mol. The van der Waals surface area contributed by atoms with Gasteiger partial charge < -0.3 is 0 Å². The summed E-state index contributed by atoms with van der Waals surface area (Å²) in [4.78, 5) is 11.9. The van der Waals surface area contributed by atoms with E-state index in [0.717, 1.165) is 4.47 Å². The first-order valence-corrected chi connectivity index (χ1v) is 6.18. The molecule has 0 spiro atoms. The highest BCUT2D eigenvalue weighted by Crippen LogP contribution is 2.14. The summed E-state index contributed by atoms with van der Waals surface area (Å²) in [7, 11) is 0. The molecule has 0 bridgehead atoms. The fourth-order valence-electron chi connectivity index (χ4n) is 1.51. The molecule has 0 amide bonds. The molecule has 0 aliphatic carbocycles. The highest BCUT2D eigenvalue weighted by Gasteiger charge is 2.02. The van der Waals surface area contributed by atoms with Crippen LogP contribution in [-0.4, -0.2) is 5.78 Å². The number of allylic oxidation sites excluding steroid dienone is 1. The Labute approximate surface area is 113 Å². The second-order valence-corrected chi connectivity index (χ2v) is 4.65. The Kier molecular flexibility index (Phi) is 4.05. The van der Waals surface area contributed by atoms with E-state index < -0.39 is 0 Å². The maximum Gasteiger partial charge on any atom is 0.185 e. The summed E-state index contributed by atoms with van der Waals surface area (Å²) in [5, 5.41) is 0. The third kappa shape index (κ3) is 3.14. The molecule has 0 heterocycles. The molecular formula is C15H10BrFO. The van der Waals surface area contributed by atoms with Crippen LogP contribution in [0.15, 0.2) is 59.1 Å². The van der Waals surface area contributed by atoms with Crippen LogP contribution in [0.2, 0.25) is 0 Å². The molecular weight excluding hydrogens is 295 g/mol. The number of hydrogen-bond donors (Lipinski definition) is 0. The number of carbonyl (C=O) groups is 1. The number of halogens is 2. The van der Waals surface area contributed by atoms with Gasteiger partial charge >= 0.3 is 0 Å². The molecule has 0 N–H and O–H groups in total. The summed E-state index contributed by atoms with van der Waals surface area (Å²) in [5.74, 6) is -0.490. The van der Waals surface area contributed by atoms with E-state index >= 15 is 0 Å². The molecule has 0 aromatic heterocycles. The molecule has 90 valence electrons. The molecule has 18 heavy (non-hydrogen) atoms. The zero-order valence-corrected chi connectivity index (χ0v) is 11.0. The Morgan fingerprint density at radius 1 is 1.11 bits per heavy atom. The lowest BCUT2D eigenvalue weighted by atomic mass is 10.1. The largest absolute Gasteiger partial charge is 0.289 e. The van der Waals surface area contributed by atoms with Gasteiger partial charge in [-0.1, -0.05) is 46.3 Å². The van der Waals surface area contributed by atoms with Gasteiger partial charge in [0, 0.05) is 15.6 Å². The lowest BCUT2D eigenvalue weighted by Gasteiger charge is -1.97. The predicted molar refractivity (Wildman–Crippen MR) is 73.9 cm³/mol. The quantitative estimate of drug-likeness (QED) is 0.603. The standard InChI is InChI=1S/C15H10BrFO/c16-13-6-3-5-12(10-13)15(18)9-8-11-4-1-2-7-14(11)17/h1-10H. The van der Waals surface area contributed by atoms with Gasteiger partial charge in [0.15, 0.2) is 5.78 Å². The van der Waals surface area contributed by atoms with Crippen molar-refractivity contribution < 1.29 is 9.18 Å². The number of carbonyl (C=O) groups excluding carboxylic acids is 1. The molecule has 2 aromatic rings. The van der Waals surface area contributed by atoms with Gasteiger partial charge in [0.25, 0.3) is 0 Å². The van der Waals surface area contributed by atoms with Crippen LogP contribution >= 0.6 is 15.9 Å². The van der Waals surface area contributed by atoms with E-state index in [-0.39, 0.29) is 11.6 Å². The first kappa shape index (κ1) is 12.7. The highest BCUT2D eigenvalue weighted by atomic mass is 79.9. The van der Waals surface area contributed by atoms with Crippen molar-refractivity contribution in [3.05, 3.63) is 76.0 Å². The van der Waals surface area contributed by atoms with Crippen LogP contribution in [0.4, 0.5) is 4.39 Å². The smallest absolute Gasteiger partial charge is 0.185 e. The Balaban J connectivity index is 2.20. The molecule has 0 aliphatic heterocycles. The minimum atomic E-state index is -0.337. The number of benzene rings is 2. The van der Waals surface area contributed by atoms with Crippen LogP contribution in [0.5, 0.6) is 0 Å². The third-order valence-corrected chi connectivity index (χ3v) is 2.92. The highest BCUT2D eigenvalue weighted by molar-refractivity contribution is 9.10. The van der Waals surface area contributed by atoms with Crippen LogP contribution in [0.1, 0.15) is 15.9 Å². The summed E-state index contributed by atoms with van der Waals surface area (Å²) in [6.07, 6.45) is 2.86. The average Bonchev–Trinajstić information content (AvgIpc) is 2.37. The first-order chi connectivity index (χ1) is 8.66. The monoisotopic (exact) mass is 304 g/mol. The van der Waals surface area contributed by atoms with Gasteiger partial charge in [-0.2, -0.15) is 0 Å². The Hall–Kier alpha value is -1.74. The third-order valence-electron chi connectivity index (χ3n) is 2.43. The van der Waals surface area contributed by atoms with E-state index in [0.29, 0.717) is 11.1 Å². The maximum atomic E-state index is 13.3. The molecule has 3 heteroatoms. The van der Waals surface area contributed by atoms with E-state index in [1.54, 1.807) is 36.4 Å². The second kappa shape index (κ2) is 5.74. The van der Waals surface area contributed by atoms with E-state index in [1.807, 2.05) is 6.07 Å². The van der Waals surface area contributed by atoms with Gasteiger partial charge in [-0.25, -0.2) is 4.39 Å². The summed E-state index contributed by atoms with van der Waals surface area (Å²) in [6, 6.07) is 13.4. The lowest BCUT2D eigenvalue weighted by molar-refractivity contribution is 0.104. The van der Waals surface area contributed by atoms with Gasteiger partial charge in [0.05, 0.1) is 0 Å². The molecule has 0 aliphatic rings. The van der Waals surface area contributed by atoms with Gasteiger partial charge in [-0.15, -0.1) is 0 Å². The second-order valence-electron chi connectivity index (χ2n) is 3.73. The molecule has 2 aromatic carbocycles. The van der Waals surface area contributed by atoms with Crippen LogP contribution in [0.25, 0.3) is 6.08 Å². The molecule has 0 atom stereocenters. The van der Waals surface area contributed by atoms with Crippen molar-refractivity contribution in [1.29, 1.82) is 0 Å². The minimum absolute atomic E-state index is 0.153.